The summed E-state index contributed by atoms with van der Waals surface area (Å²) in [6.07, 6.45) is 9.31. The lowest BCUT2D eigenvalue weighted by atomic mass is 9.52. The number of hydrogen-bond donors (Lipinski definition) is 4. The summed E-state index contributed by atoms with van der Waals surface area (Å²) in [6, 6.07) is 0.0898. The molecule has 5 aliphatic carbocycles. The molecular formula is C23H34N4O4. The van der Waals surface area contributed by atoms with Gasteiger partial charge in [-0.15, -0.1) is 0 Å². The van der Waals surface area contributed by atoms with E-state index in [1.807, 2.05) is 13.8 Å². The van der Waals surface area contributed by atoms with Crippen molar-refractivity contribution in [1.29, 1.82) is 0 Å². The van der Waals surface area contributed by atoms with Gasteiger partial charge in [0, 0.05) is 12.2 Å². The summed E-state index contributed by atoms with van der Waals surface area (Å²) in [7, 11) is 0. The lowest BCUT2D eigenvalue weighted by molar-refractivity contribution is -0.136. The normalized spacial score (nSPS) is 34.3. The summed E-state index contributed by atoms with van der Waals surface area (Å²) < 4.78 is 6.06. The van der Waals surface area contributed by atoms with Crippen LogP contribution in [-0.4, -0.2) is 56.0 Å². The first-order valence-electron chi connectivity index (χ1n) is 11.7. The van der Waals surface area contributed by atoms with Gasteiger partial charge in [-0.2, -0.15) is 4.98 Å². The highest BCUT2D eigenvalue weighted by Crippen LogP contribution is 2.55. The zero-order chi connectivity index (χ0) is 21.8. The van der Waals surface area contributed by atoms with Gasteiger partial charge in [-0.3, -0.25) is 4.79 Å². The van der Waals surface area contributed by atoms with E-state index < -0.39 is 11.1 Å². The highest BCUT2D eigenvalue weighted by Gasteiger charge is 2.55. The molecule has 4 N–H and O–H groups in total. The van der Waals surface area contributed by atoms with Crippen LogP contribution in [0.25, 0.3) is 0 Å². The number of ether oxygens (including phenoxy) is 1. The Hall–Kier alpha value is -1.93. The molecule has 31 heavy (non-hydrogen) atoms. The Morgan fingerprint density at radius 1 is 1.26 bits per heavy atom. The smallest absolute Gasteiger partial charge is 0.258 e. The van der Waals surface area contributed by atoms with Crippen LogP contribution in [0.5, 0.6) is 5.88 Å². The van der Waals surface area contributed by atoms with Crippen LogP contribution in [-0.2, 0) is 0 Å². The standard InChI is InChI=1S/C23H34N4O4/c1-22(2,12-28)27-21-24-11-17(20(26-21)31-16-4-3-5-16)19(29)25-18-14-6-13-7-15(18)10-23(30,8-13)9-14/h11,13-16,18,28,30H,3-10,12H2,1-2H3,(H,25,29)(H,24,26,27)/t13?,14?,15?,18-,23+. The van der Waals surface area contributed by atoms with Gasteiger partial charge in [-0.1, -0.05) is 0 Å². The van der Waals surface area contributed by atoms with Crippen LogP contribution >= 0.6 is 0 Å². The van der Waals surface area contributed by atoms with Crippen molar-refractivity contribution in [2.75, 3.05) is 11.9 Å². The van der Waals surface area contributed by atoms with E-state index in [2.05, 4.69) is 20.6 Å². The van der Waals surface area contributed by atoms with E-state index in [4.69, 9.17) is 4.74 Å². The number of aliphatic hydroxyl groups excluding tert-OH is 1. The fourth-order valence-corrected chi connectivity index (χ4v) is 6.11. The highest BCUT2D eigenvalue weighted by molar-refractivity contribution is 5.96. The third-order valence-corrected chi connectivity index (χ3v) is 7.71. The predicted molar refractivity (Wildman–Crippen MR) is 115 cm³/mol. The molecule has 0 radical (unpaired) electrons. The van der Waals surface area contributed by atoms with E-state index in [0.29, 0.717) is 35.1 Å². The lowest BCUT2D eigenvalue weighted by Gasteiger charge is -2.58. The SMILES string of the molecule is CC(C)(CO)Nc1ncc(C(=O)N[C@H]2C3CC4CC2C[C@@](O)(C4)C3)c(OC2CCC2)n1. The molecule has 2 atom stereocenters. The Bertz CT molecular complexity index is 840. The first kappa shape index (κ1) is 20.9. The summed E-state index contributed by atoms with van der Waals surface area (Å²) in [6.45, 7) is 3.63. The number of aromatic nitrogens is 2. The Morgan fingerprint density at radius 3 is 2.55 bits per heavy atom. The van der Waals surface area contributed by atoms with Crippen LogP contribution in [0.1, 0.15) is 75.6 Å². The molecule has 170 valence electrons. The van der Waals surface area contributed by atoms with E-state index in [1.165, 1.54) is 6.20 Å². The van der Waals surface area contributed by atoms with Crippen LogP contribution in [0.2, 0.25) is 0 Å². The van der Waals surface area contributed by atoms with Crippen LogP contribution in [0.15, 0.2) is 6.20 Å². The van der Waals surface area contributed by atoms with Crippen LogP contribution in [0.4, 0.5) is 5.95 Å². The van der Waals surface area contributed by atoms with Gasteiger partial charge in [0.15, 0.2) is 0 Å². The van der Waals surface area contributed by atoms with Crippen molar-refractivity contribution in [2.45, 2.75) is 88.5 Å². The number of carbonyl (C=O) groups is 1. The number of nitrogens with one attached hydrogen (secondary N) is 2. The fraction of sp³-hybridized carbons (Fsp3) is 0.783. The van der Waals surface area contributed by atoms with Crippen molar-refractivity contribution in [1.82, 2.24) is 15.3 Å². The van der Waals surface area contributed by atoms with Gasteiger partial charge in [-0.25, -0.2) is 4.98 Å². The minimum atomic E-state index is -0.585. The quantitative estimate of drug-likeness (QED) is 0.524. The summed E-state index contributed by atoms with van der Waals surface area (Å²) in [4.78, 5) is 22.1. The molecule has 0 saturated heterocycles. The molecule has 6 rings (SSSR count). The largest absolute Gasteiger partial charge is 0.474 e. The van der Waals surface area contributed by atoms with E-state index in [1.54, 1.807) is 0 Å². The van der Waals surface area contributed by atoms with Crippen molar-refractivity contribution >= 4 is 11.9 Å². The van der Waals surface area contributed by atoms with E-state index in [-0.39, 0.29) is 24.7 Å². The Balaban J connectivity index is 1.35. The summed E-state index contributed by atoms with van der Waals surface area (Å²) >= 11 is 0. The Labute approximate surface area is 183 Å². The lowest BCUT2D eigenvalue weighted by Crippen LogP contribution is -2.61. The summed E-state index contributed by atoms with van der Waals surface area (Å²) in [5.74, 6) is 1.70. The molecule has 2 unspecified atom stereocenters. The van der Waals surface area contributed by atoms with Crippen molar-refractivity contribution in [3.63, 3.8) is 0 Å². The average Bonchev–Trinajstić information content (AvgIpc) is 2.66. The molecule has 0 aliphatic heterocycles. The van der Waals surface area contributed by atoms with Gasteiger partial charge in [0.1, 0.15) is 11.7 Å². The Kier molecular flexibility index (Phi) is 5.13. The number of anilines is 1. The number of nitrogens with zero attached hydrogens (tertiary/aromatic N) is 2. The molecule has 4 bridgehead atoms. The van der Waals surface area contributed by atoms with E-state index in [0.717, 1.165) is 51.4 Å². The maximum atomic E-state index is 13.3. The third kappa shape index (κ3) is 4.12. The number of hydrogen-bond acceptors (Lipinski definition) is 7. The van der Waals surface area contributed by atoms with Crippen LogP contribution < -0.4 is 15.4 Å². The molecule has 8 nitrogen and oxygen atoms in total. The van der Waals surface area contributed by atoms with E-state index in [9.17, 15) is 15.0 Å². The zero-order valence-electron chi connectivity index (χ0n) is 18.4. The highest BCUT2D eigenvalue weighted by atomic mass is 16.5. The molecular weight excluding hydrogens is 396 g/mol. The predicted octanol–water partition coefficient (Wildman–Crippen LogP) is 2.26. The zero-order valence-corrected chi connectivity index (χ0v) is 18.4. The van der Waals surface area contributed by atoms with Crippen molar-refractivity contribution < 1.29 is 19.7 Å². The topological polar surface area (TPSA) is 117 Å². The van der Waals surface area contributed by atoms with Crippen molar-refractivity contribution in [3.05, 3.63) is 11.8 Å². The van der Waals surface area contributed by atoms with Crippen LogP contribution in [0.3, 0.4) is 0 Å². The summed E-state index contributed by atoms with van der Waals surface area (Å²) in [5.41, 5.74) is -0.753. The molecule has 1 amide bonds. The number of aliphatic hydroxyl groups is 2. The monoisotopic (exact) mass is 430 g/mol. The molecule has 1 aromatic rings. The molecule has 5 saturated carbocycles. The van der Waals surface area contributed by atoms with Crippen molar-refractivity contribution in [3.8, 4) is 5.88 Å². The first-order valence-corrected chi connectivity index (χ1v) is 11.7. The molecule has 5 aliphatic rings. The molecule has 1 heterocycles. The van der Waals surface area contributed by atoms with Gasteiger partial charge >= 0.3 is 0 Å². The Morgan fingerprint density at radius 2 is 1.97 bits per heavy atom. The molecule has 1 aromatic heterocycles. The van der Waals surface area contributed by atoms with Gasteiger partial charge in [0.05, 0.1) is 17.7 Å². The third-order valence-electron chi connectivity index (χ3n) is 7.71. The maximum absolute atomic E-state index is 13.3. The second-order valence-electron chi connectivity index (χ2n) is 10.9. The van der Waals surface area contributed by atoms with Gasteiger partial charge < -0.3 is 25.6 Å². The number of carbonyl (C=O) groups excluding carboxylic acids is 1. The second kappa shape index (κ2) is 7.59. The molecule has 0 spiro atoms. The number of rotatable bonds is 7. The van der Waals surface area contributed by atoms with Gasteiger partial charge in [0.25, 0.3) is 5.91 Å². The second-order valence-corrected chi connectivity index (χ2v) is 10.9. The van der Waals surface area contributed by atoms with Crippen LogP contribution in [0, 0.1) is 17.8 Å². The maximum Gasteiger partial charge on any atom is 0.258 e. The van der Waals surface area contributed by atoms with E-state index >= 15 is 0 Å². The molecule has 0 aromatic carbocycles. The van der Waals surface area contributed by atoms with Gasteiger partial charge in [-0.05, 0) is 83.0 Å². The number of amides is 1. The van der Waals surface area contributed by atoms with Crippen molar-refractivity contribution in [2.24, 2.45) is 17.8 Å². The molecule has 8 heteroatoms. The molecule has 5 fully saturated rings. The first-order chi connectivity index (χ1) is 14.7. The average molecular weight is 431 g/mol. The minimum Gasteiger partial charge on any atom is -0.474 e. The summed E-state index contributed by atoms with van der Waals surface area (Å²) in [5, 5.41) is 26.7. The fourth-order valence-electron chi connectivity index (χ4n) is 6.11. The minimum absolute atomic E-state index is 0.0742. The van der Waals surface area contributed by atoms with Gasteiger partial charge in [0.2, 0.25) is 11.8 Å².